The summed E-state index contributed by atoms with van der Waals surface area (Å²) in [6.45, 7) is 7.51. The highest BCUT2D eigenvalue weighted by Crippen LogP contribution is 2.22. The molecule has 1 rings (SSSR count). The first-order chi connectivity index (χ1) is 6.74. The van der Waals surface area contributed by atoms with Gasteiger partial charge in [0.05, 0.1) is 0 Å². The van der Waals surface area contributed by atoms with Gasteiger partial charge in [0.1, 0.15) is 5.01 Å². The molecule has 0 fully saturated rings. The molecule has 0 aliphatic heterocycles. The second-order valence-corrected chi connectivity index (χ2v) is 4.74. The first-order valence-corrected chi connectivity index (χ1v) is 6.13. The molecule has 0 aliphatic carbocycles. The zero-order chi connectivity index (χ0) is 10.4. The summed E-state index contributed by atoms with van der Waals surface area (Å²) in [6, 6.07) is 0. The minimum atomic E-state index is 0.485. The van der Waals surface area contributed by atoms with Crippen molar-refractivity contribution in [3.63, 3.8) is 0 Å². The van der Waals surface area contributed by atoms with Crippen LogP contribution in [0.15, 0.2) is 0 Å². The largest absolute Gasteiger partial charge is 0.360 e. The summed E-state index contributed by atoms with van der Waals surface area (Å²) in [4.78, 5) is 0. The Bertz CT molecular complexity index is 258. The second-order valence-electron chi connectivity index (χ2n) is 3.73. The highest BCUT2D eigenvalue weighted by molar-refractivity contribution is 7.15. The van der Waals surface area contributed by atoms with E-state index in [1.54, 1.807) is 11.3 Å². The molecule has 14 heavy (non-hydrogen) atoms. The normalized spacial score (nSPS) is 10.9. The summed E-state index contributed by atoms with van der Waals surface area (Å²) in [5.74, 6) is 0.485. The van der Waals surface area contributed by atoms with E-state index in [9.17, 15) is 0 Å². The lowest BCUT2D eigenvalue weighted by Crippen LogP contribution is -2.00. The molecule has 0 saturated carbocycles. The maximum absolute atomic E-state index is 4.12. The molecule has 0 saturated heterocycles. The predicted molar refractivity (Wildman–Crippen MR) is 62.0 cm³/mol. The number of unbranched alkanes of at least 4 members (excludes halogenated alkanes) is 2. The molecule has 1 N–H and O–H groups in total. The molecule has 0 atom stereocenters. The maximum Gasteiger partial charge on any atom is 0.205 e. The van der Waals surface area contributed by atoms with Crippen LogP contribution in [-0.2, 0) is 0 Å². The summed E-state index contributed by atoms with van der Waals surface area (Å²) in [7, 11) is 0. The number of aromatic nitrogens is 2. The molecular formula is C10H19N3S. The first-order valence-electron chi connectivity index (χ1n) is 5.31. The highest BCUT2D eigenvalue weighted by Gasteiger charge is 2.06. The Morgan fingerprint density at radius 2 is 2.07 bits per heavy atom. The van der Waals surface area contributed by atoms with Gasteiger partial charge in [0, 0.05) is 12.5 Å². The summed E-state index contributed by atoms with van der Waals surface area (Å²) in [6.07, 6.45) is 3.75. The van der Waals surface area contributed by atoms with E-state index in [2.05, 4.69) is 36.3 Å². The van der Waals surface area contributed by atoms with Crippen LogP contribution in [0.4, 0.5) is 5.13 Å². The van der Waals surface area contributed by atoms with Crippen LogP contribution >= 0.6 is 11.3 Å². The Morgan fingerprint density at radius 3 is 2.64 bits per heavy atom. The van der Waals surface area contributed by atoms with Gasteiger partial charge in [-0.25, -0.2) is 0 Å². The number of nitrogens with one attached hydrogen (secondary N) is 1. The smallest absolute Gasteiger partial charge is 0.205 e. The van der Waals surface area contributed by atoms with E-state index in [4.69, 9.17) is 0 Å². The SMILES string of the molecule is CCCCCNc1nnc(C(C)C)s1. The van der Waals surface area contributed by atoms with Gasteiger partial charge in [0.15, 0.2) is 0 Å². The Morgan fingerprint density at radius 1 is 1.29 bits per heavy atom. The van der Waals surface area contributed by atoms with E-state index >= 15 is 0 Å². The van der Waals surface area contributed by atoms with Crippen molar-refractivity contribution in [2.75, 3.05) is 11.9 Å². The van der Waals surface area contributed by atoms with Gasteiger partial charge < -0.3 is 5.32 Å². The lowest BCUT2D eigenvalue weighted by atomic mass is 10.2. The van der Waals surface area contributed by atoms with Crippen molar-refractivity contribution < 1.29 is 0 Å². The van der Waals surface area contributed by atoms with E-state index in [0.29, 0.717) is 5.92 Å². The summed E-state index contributed by atoms with van der Waals surface area (Å²) >= 11 is 1.67. The molecule has 4 heteroatoms. The standard InChI is InChI=1S/C10H19N3S/c1-4-5-6-7-11-10-13-12-9(14-10)8(2)3/h8H,4-7H2,1-3H3,(H,11,13). The van der Waals surface area contributed by atoms with Gasteiger partial charge in [0.25, 0.3) is 0 Å². The average Bonchev–Trinajstić information content (AvgIpc) is 2.61. The van der Waals surface area contributed by atoms with E-state index in [-0.39, 0.29) is 0 Å². The Labute approximate surface area is 89.9 Å². The zero-order valence-corrected chi connectivity index (χ0v) is 10.0. The van der Waals surface area contributed by atoms with Crippen molar-refractivity contribution in [1.82, 2.24) is 10.2 Å². The van der Waals surface area contributed by atoms with Crippen LogP contribution in [0.2, 0.25) is 0 Å². The van der Waals surface area contributed by atoms with Crippen LogP contribution in [-0.4, -0.2) is 16.7 Å². The number of hydrogen-bond acceptors (Lipinski definition) is 4. The van der Waals surface area contributed by atoms with E-state index < -0.39 is 0 Å². The average molecular weight is 213 g/mol. The topological polar surface area (TPSA) is 37.8 Å². The van der Waals surface area contributed by atoms with Gasteiger partial charge in [0.2, 0.25) is 5.13 Å². The monoisotopic (exact) mass is 213 g/mol. The van der Waals surface area contributed by atoms with Gasteiger partial charge in [-0.1, -0.05) is 44.9 Å². The van der Waals surface area contributed by atoms with Crippen LogP contribution in [0.5, 0.6) is 0 Å². The van der Waals surface area contributed by atoms with Crippen LogP contribution in [0.1, 0.15) is 51.0 Å². The Kier molecular flexibility index (Phi) is 4.87. The third-order valence-corrected chi connectivity index (χ3v) is 3.17. The van der Waals surface area contributed by atoms with E-state index in [1.165, 1.54) is 19.3 Å². The Balaban J connectivity index is 2.29. The van der Waals surface area contributed by atoms with Gasteiger partial charge in [-0.05, 0) is 6.42 Å². The molecule has 1 aromatic heterocycles. The molecule has 3 nitrogen and oxygen atoms in total. The molecule has 0 aliphatic rings. The highest BCUT2D eigenvalue weighted by atomic mass is 32.1. The quantitative estimate of drug-likeness (QED) is 0.737. The molecule has 0 amide bonds. The molecule has 1 aromatic rings. The van der Waals surface area contributed by atoms with Crippen LogP contribution < -0.4 is 5.32 Å². The molecule has 0 spiro atoms. The molecule has 1 heterocycles. The minimum absolute atomic E-state index is 0.485. The summed E-state index contributed by atoms with van der Waals surface area (Å²) in [5.41, 5.74) is 0. The van der Waals surface area contributed by atoms with Gasteiger partial charge in [-0.15, -0.1) is 10.2 Å². The third-order valence-electron chi connectivity index (χ3n) is 1.99. The summed E-state index contributed by atoms with van der Waals surface area (Å²) < 4.78 is 0. The summed E-state index contributed by atoms with van der Waals surface area (Å²) in [5, 5.41) is 13.6. The third kappa shape index (κ3) is 3.62. The molecule has 0 unspecified atom stereocenters. The van der Waals surface area contributed by atoms with Crippen molar-refractivity contribution in [2.45, 2.75) is 46.0 Å². The fraction of sp³-hybridized carbons (Fsp3) is 0.800. The van der Waals surface area contributed by atoms with Crippen molar-refractivity contribution >= 4 is 16.5 Å². The number of anilines is 1. The van der Waals surface area contributed by atoms with Crippen molar-refractivity contribution in [3.05, 3.63) is 5.01 Å². The number of nitrogens with zero attached hydrogens (tertiary/aromatic N) is 2. The van der Waals surface area contributed by atoms with Gasteiger partial charge in [-0.3, -0.25) is 0 Å². The van der Waals surface area contributed by atoms with Crippen LogP contribution in [0, 0.1) is 0 Å². The van der Waals surface area contributed by atoms with Crippen LogP contribution in [0.3, 0.4) is 0 Å². The molecular weight excluding hydrogens is 194 g/mol. The molecule has 0 bridgehead atoms. The van der Waals surface area contributed by atoms with E-state index in [1.807, 2.05) is 0 Å². The maximum atomic E-state index is 4.12. The predicted octanol–water partition coefficient (Wildman–Crippen LogP) is 3.26. The van der Waals surface area contributed by atoms with Gasteiger partial charge >= 0.3 is 0 Å². The zero-order valence-electron chi connectivity index (χ0n) is 9.21. The fourth-order valence-electron chi connectivity index (χ4n) is 1.11. The first kappa shape index (κ1) is 11.4. The lowest BCUT2D eigenvalue weighted by molar-refractivity contribution is 0.742. The fourth-order valence-corrected chi connectivity index (χ4v) is 1.88. The number of rotatable bonds is 6. The minimum Gasteiger partial charge on any atom is -0.360 e. The molecule has 0 radical (unpaired) electrons. The van der Waals surface area contributed by atoms with Crippen molar-refractivity contribution in [1.29, 1.82) is 0 Å². The molecule has 80 valence electrons. The van der Waals surface area contributed by atoms with Gasteiger partial charge in [-0.2, -0.15) is 0 Å². The van der Waals surface area contributed by atoms with Crippen LogP contribution in [0.25, 0.3) is 0 Å². The second kappa shape index (κ2) is 5.96. The molecule has 0 aromatic carbocycles. The Hall–Kier alpha value is -0.640. The van der Waals surface area contributed by atoms with Crippen molar-refractivity contribution in [3.8, 4) is 0 Å². The van der Waals surface area contributed by atoms with Crippen molar-refractivity contribution in [2.24, 2.45) is 0 Å². The lowest BCUT2D eigenvalue weighted by Gasteiger charge is -1.99. The number of hydrogen-bond donors (Lipinski definition) is 1. The van der Waals surface area contributed by atoms with E-state index in [0.717, 1.165) is 16.7 Å².